The number of hydrogen-bond donors (Lipinski definition) is 3. The standard InChI is InChI=1S/C49H54FN11O4/c1-51-38-26-44(55-61-43(27-52-46(38)61)48(64)53-37-25-36(37)50)59-23-18-35-34(4-3-5-39(35)59)31-16-19-57(20-17-31)28-29-14-21-58(22-15-29)33-9-6-30(7-10-33)32-8-11-40-42(24-32)56(2)49(65)60(40)41-12-13-45(62)54-47(41)63/h3-11,24,26-27,29,31,36-37,41,51H,12-23,25,28H2,1-2H3,(H,53,64)(H,54,62,63)/t36-,37+,41?/m0/s1. The third-order valence-electron chi connectivity index (χ3n) is 14.7. The number of imide groups is 1. The fourth-order valence-corrected chi connectivity index (χ4v) is 10.9. The van der Waals surface area contributed by atoms with Gasteiger partial charge in [-0.05, 0) is 116 Å². The van der Waals surface area contributed by atoms with Crippen LogP contribution in [0.5, 0.6) is 0 Å². The minimum Gasteiger partial charge on any atom is -0.385 e. The van der Waals surface area contributed by atoms with Crippen molar-refractivity contribution in [2.45, 2.75) is 75.5 Å². The van der Waals surface area contributed by atoms with Crippen LogP contribution in [0.3, 0.4) is 0 Å². The molecule has 7 heterocycles. The molecule has 11 rings (SSSR count). The van der Waals surface area contributed by atoms with Crippen molar-refractivity contribution in [2.75, 3.05) is 61.4 Å². The number of carbonyl (C=O) groups is 3. The van der Waals surface area contributed by atoms with Crippen molar-refractivity contribution >= 4 is 57.3 Å². The second kappa shape index (κ2) is 16.5. The molecule has 65 heavy (non-hydrogen) atoms. The summed E-state index contributed by atoms with van der Waals surface area (Å²) in [5.74, 6) is 0.815. The Hall–Kier alpha value is -6.55. The predicted molar refractivity (Wildman–Crippen MR) is 248 cm³/mol. The lowest BCUT2D eigenvalue weighted by Gasteiger charge is -2.38. The van der Waals surface area contributed by atoms with Crippen molar-refractivity contribution in [3.05, 3.63) is 100 Å². The van der Waals surface area contributed by atoms with Crippen LogP contribution < -0.4 is 31.4 Å². The van der Waals surface area contributed by atoms with Crippen molar-refractivity contribution in [1.29, 1.82) is 0 Å². The molecule has 3 N–H and O–H groups in total. The molecule has 0 radical (unpaired) electrons. The molecule has 4 aliphatic heterocycles. The molecule has 16 heteroatoms. The number of nitrogens with one attached hydrogen (secondary N) is 3. The lowest BCUT2D eigenvalue weighted by Crippen LogP contribution is -2.44. The van der Waals surface area contributed by atoms with Crippen LogP contribution >= 0.6 is 0 Å². The average molecular weight is 880 g/mol. The number of imidazole rings is 2. The third kappa shape index (κ3) is 7.50. The van der Waals surface area contributed by atoms with Gasteiger partial charge in [0.1, 0.15) is 12.2 Å². The van der Waals surface area contributed by atoms with Gasteiger partial charge in [0.05, 0.1) is 29.0 Å². The number of rotatable bonds is 10. The first-order valence-corrected chi connectivity index (χ1v) is 23.1. The summed E-state index contributed by atoms with van der Waals surface area (Å²) in [6, 6.07) is 22.1. The zero-order valence-electron chi connectivity index (χ0n) is 36.8. The van der Waals surface area contributed by atoms with Crippen molar-refractivity contribution in [3.8, 4) is 11.1 Å². The average Bonchev–Trinajstić information content (AvgIpc) is 3.60. The number of nitrogens with zero attached hydrogens (tertiary/aromatic N) is 8. The summed E-state index contributed by atoms with van der Waals surface area (Å²) in [5.41, 5.74) is 10.1. The van der Waals surface area contributed by atoms with Crippen LogP contribution in [-0.2, 0) is 23.1 Å². The van der Waals surface area contributed by atoms with Gasteiger partial charge in [0.25, 0.3) is 5.91 Å². The number of aryl methyl sites for hydroxylation is 1. The van der Waals surface area contributed by atoms with Crippen LogP contribution in [0.25, 0.3) is 27.8 Å². The van der Waals surface area contributed by atoms with Crippen LogP contribution in [-0.4, -0.2) is 105 Å². The Kier molecular flexibility index (Phi) is 10.4. The van der Waals surface area contributed by atoms with Gasteiger partial charge in [0, 0.05) is 70.6 Å². The zero-order chi connectivity index (χ0) is 44.5. The molecule has 1 unspecified atom stereocenters. The van der Waals surface area contributed by atoms with Crippen LogP contribution in [0.15, 0.2) is 77.7 Å². The van der Waals surface area contributed by atoms with Crippen molar-refractivity contribution < 1.29 is 18.8 Å². The van der Waals surface area contributed by atoms with E-state index in [-0.39, 0.29) is 23.9 Å². The van der Waals surface area contributed by atoms with E-state index >= 15 is 0 Å². The van der Waals surface area contributed by atoms with E-state index in [0.717, 1.165) is 99.5 Å². The van der Waals surface area contributed by atoms with Crippen LogP contribution in [0.4, 0.5) is 27.3 Å². The fourth-order valence-electron chi connectivity index (χ4n) is 10.9. The molecule has 3 amide bonds. The van der Waals surface area contributed by atoms with Gasteiger partial charge in [-0.15, -0.1) is 5.10 Å². The summed E-state index contributed by atoms with van der Waals surface area (Å²) in [6.07, 6.45) is 6.92. The van der Waals surface area contributed by atoms with Crippen LogP contribution in [0.2, 0.25) is 0 Å². The van der Waals surface area contributed by atoms with Crippen molar-refractivity contribution in [2.24, 2.45) is 13.0 Å². The molecule has 1 saturated carbocycles. The first kappa shape index (κ1) is 41.2. The van der Waals surface area contributed by atoms with Crippen LogP contribution in [0.1, 0.15) is 78.5 Å². The summed E-state index contributed by atoms with van der Waals surface area (Å²) in [6.45, 7) is 6.19. The summed E-state index contributed by atoms with van der Waals surface area (Å²) in [5, 5.41) is 13.3. The van der Waals surface area contributed by atoms with E-state index in [1.807, 2.05) is 31.3 Å². The second-order valence-corrected chi connectivity index (χ2v) is 18.6. The lowest BCUT2D eigenvalue weighted by molar-refractivity contribution is -0.135. The normalized spacial score (nSPS) is 21.9. The molecule has 15 nitrogen and oxygen atoms in total. The molecule has 3 aromatic carbocycles. The van der Waals surface area contributed by atoms with Gasteiger partial charge in [0.2, 0.25) is 11.8 Å². The summed E-state index contributed by atoms with van der Waals surface area (Å²) >= 11 is 0. The Morgan fingerprint density at radius 1 is 0.877 bits per heavy atom. The number of amides is 3. The Labute approximate surface area is 375 Å². The SMILES string of the molecule is CNc1cc(N2CCc3c(C4CCN(CC5CCN(c6ccc(-c7ccc8c(c7)n(C)c(=O)n8C7CCC(=O)NC7=O)cc6)CC5)CC4)cccc32)nn2c(C(=O)N[C@@H]3C[C@@H]3F)cnc12. The van der Waals surface area contributed by atoms with Gasteiger partial charge in [-0.1, -0.05) is 30.3 Å². The molecule has 1 aliphatic carbocycles. The number of alkyl halides is 1. The molecule has 3 aromatic heterocycles. The Morgan fingerprint density at radius 2 is 1.65 bits per heavy atom. The highest BCUT2D eigenvalue weighted by atomic mass is 19.1. The topological polar surface area (TPSA) is 154 Å². The number of carbonyl (C=O) groups excluding carboxylic acids is 3. The maximum absolute atomic E-state index is 13.6. The fraction of sp³-hybridized carbons (Fsp3) is 0.429. The minimum atomic E-state index is -0.991. The predicted octanol–water partition coefficient (Wildman–Crippen LogP) is 5.70. The monoisotopic (exact) mass is 879 g/mol. The summed E-state index contributed by atoms with van der Waals surface area (Å²) < 4.78 is 18.3. The van der Waals surface area contributed by atoms with E-state index in [0.29, 0.717) is 41.5 Å². The van der Waals surface area contributed by atoms with Gasteiger partial charge in [-0.3, -0.25) is 28.8 Å². The molecule has 0 bridgehead atoms. The highest BCUT2D eigenvalue weighted by Gasteiger charge is 2.39. The Bertz CT molecular complexity index is 2910. The van der Waals surface area contributed by atoms with Gasteiger partial charge in [-0.25, -0.2) is 18.7 Å². The molecule has 4 fully saturated rings. The van der Waals surface area contributed by atoms with E-state index in [1.165, 1.54) is 33.3 Å². The zero-order valence-corrected chi connectivity index (χ0v) is 36.8. The van der Waals surface area contributed by atoms with E-state index in [9.17, 15) is 23.6 Å². The van der Waals surface area contributed by atoms with Crippen LogP contribution in [0, 0.1) is 5.92 Å². The molecule has 3 saturated heterocycles. The first-order chi connectivity index (χ1) is 31.6. The lowest BCUT2D eigenvalue weighted by atomic mass is 9.85. The number of anilines is 4. The summed E-state index contributed by atoms with van der Waals surface area (Å²) in [7, 11) is 3.56. The summed E-state index contributed by atoms with van der Waals surface area (Å²) in [4.78, 5) is 62.6. The smallest absolute Gasteiger partial charge is 0.329 e. The molecular formula is C49H54FN11O4. The number of halogens is 1. The molecule has 3 atom stereocenters. The highest BCUT2D eigenvalue weighted by Crippen LogP contribution is 2.42. The molecule has 0 spiro atoms. The van der Waals surface area contributed by atoms with Gasteiger partial charge in [0.15, 0.2) is 17.2 Å². The van der Waals surface area contributed by atoms with E-state index in [2.05, 4.69) is 78.1 Å². The molecule has 336 valence electrons. The first-order valence-electron chi connectivity index (χ1n) is 23.1. The van der Waals surface area contributed by atoms with E-state index in [1.54, 1.807) is 16.1 Å². The second-order valence-electron chi connectivity index (χ2n) is 18.6. The Morgan fingerprint density at radius 3 is 2.38 bits per heavy atom. The molecule has 6 aromatic rings. The van der Waals surface area contributed by atoms with E-state index < -0.39 is 24.2 Å². The van der Waals surface area contributed by atoms with E-state index in [4.69, 9.17) is 5.10 Å². The minimum absolute atomic E-state index is 0.211. The highest BCUT2D eigenvalue weighted by molar-refractivity contribution is 6.00. The largest absolute Gasteiger partial charge is 0.385 e. The number of benzene rings is 3. The number of piperidine rings is 3. The maximum Gasteiger partial charge on any atom is 0.329 e. The number of likely N-dealkylation sites (tertiary alicyclic amines) is 1. The van der Waals surface area contributed by atoms with Gasteiger partial charge in [-0.2, -0.15) is 0 Å². The van der Waals surface area contributed by atoms with Gasteiger partial charge >= 0.3 is 5.69 Å². The quantitative estimate of drug-likeness (QED) is 0.146. The number of aromatic nitrogens is 5. The van der Waals surface area contributed by atoms with Crippen molar-refractivity contribution in [3.63, 3.8) is 0 Å². The molecular weight excluding hydrogens is 826 g/mol. The number of fused-ring (bicyclic) bond motifs is 3. The Balaban J connectivity index is 0.696. The van der Waals surface area contributed by atoms with Crippen molar-refractivity contribution in [1.82, 2.24) is 39.3 Å². The molecule has 5 aliphatic rings. The third-order valence-corrected chi connectivity index (χ3v) is 14.7. The number of hydrogen-bond acceptors (Lipinski definition) is 10. The maximum atomic E-state index is 13.6. The van der Waals surface area contributed by atoms with Gasteiger partial charge < -0.3 is 25.3 Å².